The lowest BCUT2D eigenvalue weighted by molar-refractivity contribution is 0.262. The van der Waals surface area contributed by atoms with Gasteiger partial charge in [0.2, 0.25) is 0 Å². The number of sulfone groups is 1. The molecule has 0 radical (unpaired) electrons. The molecule has 2 aromatic carbocycles. The highest BCUT2D eigenvalue weighted by atomic mass is 35.5. The zero-order valence-electron chi connectivity index (χ0n) is 16.2. The zero-order valence-corrected chi connectivity index (χ0v) is 18.5. The van der Waals surface area contributed by atoms with E-state index in [2.05, 4.69) is 16.0 Å². The molecule has 4 N–H and O–H groups in total. The SMILES string of the molecule is O=C(Nc1ccc(Cl)c(S(=O)(=O)[C@@H]2C[C@H]3CC[C@@H](C2)N3)c1O)Nc1cccc(F)c1Cl. The van der Waals surface area contributed by atoms with Crippen LogP contribution in [0.2, 0.25) is 10.0 Å². The minimum absolute atomic E-state index is 0.0191. The molecule has 0 saturated carbocycles. The van der Waals surface area contributed by atoms with Gasteiger partial charge in [0.25, 0.3) is 0 Å². The number of aromatic hydroxyl groups is 1. The van der Waals surface area contributed by atoms with Gasteiger partial charge in [0.15, 0.2) is 15.6 Å². The molecule has 2 amide bonds. The maximum atomic E-state index is 13.6. The third-order valence-electron chi connectivity index (χ3n) is 5.68. The molecule has 2 bridgehead atoms. The summed E-state index contributed by atoms with van der Waals surface area (Å²) in [6, 6.07) is 5.91. The van der Waals surface area contributed by atoms with Gasteiger partial charge in [0, 0.05) is 12.1 Å². The highest BCUT2D eigenvalue weighted by Crippen LogP contribution is 2.42. The number of urea groups is 1. The maximum absolute atomic E-state index is 13.6. The fourth-order valence-electron chi connectivity index (χ4n) is 4.22. The van der Waals surface area contributed by atoms with Crippen LogP contribution in [0.4, 0.5) is 20.6 Å². The molecular formula is C20H20Cl2FN3O4S. The summed E-state index contributed by atoms with van der Waals surface area (Å²) in [4.78, 5) is 11.9. The van der Waals surface area contributed by atoms with Crippen LogP contribution in [-0.2, 0) is 9.84 Å². The van der Waals surface area contributed by atoms with Crippen molar-refractivity contribution in [3.05, 3.63) is 46.2 Å². The summed E-state index contributed by atoms with van der Waals surface area (Å²) in [5.41, 5.74) is -0.129. The second kappa shape index (κ2) is 8.46. The number of anilines is 2. The standard InChI is InChI=1S/C20H20Cl2FN3O4S/c21-13-6-7-16(26-20(28)25-15-3-1-2-14(23)17(15)22)18(27)19(13)31(29,30)12-8-10-4-5-11(9-12)24-10/h1-3,6-7,10-12,24,27H,4-5,8-9H2,(H2,25,26,28)/t10-,11+,12-. The Morgan fingerprint density at radius 3 is 2.39 bits per heavy atom. The maximum Gasteiger partial charge on any atom is 0.323 e. The Hall–Kier alpha value is -2.07. The van der Waals surface area contributed by atoms with Crippen LogP contribution in [0.25, 0.3) is 0 Å². The Labute approximate surface area is 188 Å². The van der Waals surface area contributed by atoms with E-state index in [-0.39, 0.29) is 33.5 Å². The van der Waals surface area contributed by atoms with Crippen LogP contribution in [0.1, 0.15) is 25.7 Å². The Morgan fingerprint density at radius 1 is 1.06 bits per heavy atom. The van der Waals surface area contributed by atoms with E-state index >= 15 is 0 Å². The lowest BCUT2D eigenvalue weighted by atomic mass is 10.1. The van der Waals surface area contributed by atoms with Gasteiger partial charge in [0.05, 0.1) is 26.7 Å². The van der Waals surface area contributed by atoms with Crippen molar-refractivity contribution in [3.8, 4) is 5.75 Å². The molecule has 2 saturated heterocycles. The number of nitrogens with one attached hydrogen (secondary N) is 3. The fraction of sp³-hybridized carbons (Fsp3) is 0.350. The minimum atomic E-state index is -3.94. The molecule has 0 aromatic heterocycles. The van der Waals surface area contributed by atoms with Crippen molar-refractivity contribution in [1.82, 2.24) is 5.32 Å². The van der Waals surface area contributed by atoms with E-state index in [0.29, 0.717) is 12.8 Å². The van der Waals surface area contributed by atoms with Gasteiger partial charge in [-0.25, -0.2) is 17.6 Å². The highest BCUT2D eigenvalue weighted by molar-refractivity contribution is 7.92. The number of amides is 2. The predicted molar refractivity (Wildman–Crippen MR) is 117 cm³/mol. The Balaban J connectivity index is 1.59. The van der Waals surface area contributed by atoms with Gasteiger partial charge < -0.3 is 21.1 Å². The molecule has 0 spiro atoms. The number of phenols is 1. The molecule has 31 heavy (non-hydrogen) atoms. The number of piperidine rings is 1. The lowest BCUT2D eigenvalue weighted by Gasteiger charge is -2.29. The van der Waals surface area contributed by atoms with Gasteiger partial charge in [-0.2, -0.15) is 0 Å². The summed E-state index contributed by atoms with van der Waals surface area (Å²) in [6.45, 7) is 0. The molecule has 0 unspecified atom stereocenters. The second-order valence-electron chi connectivity index (χ2n) is 7.73. The first kappa shape index (κ1) is 22.1. The van der Waals surface area contributed by atoms with Gasteiger partial charge in [0.1, 0.15) is 10.7 Å². The summed E-state index contributed by atoms with van der Waals surface area (Å²) >= 11 is 12.0. The van der Waals surface area contributed by atoms with E-state index in [1.54, 1.807) is 0 Å². The molecule has 0 aliphatic carbocycles. The number of rotatable bonds is 4. The average molecular weight is 488 g/mol. The van der Waals surface area contributed by atoms with Crippen LogP contribution in [-0.4, -0.2) is 36.9 Å². The molecule has 166 valence electrons. The molecule has 2 fully saturated rings. The molecule has 4 rings (SSSR count). The van der Waals surface area contributed by atoms with Crippen LogP contribution in [0, 0.1) is 5.82 Å². The van der Waals surface area contributed by atoms with Crippen molar-refractivity contribution in [3.63, 3.8) is 0 Å². The van der Waals surface area contributed by atoms with Crippen LogP contribution in [0.5, 0.6) is 5.75 Å². The third kappa shape index (κ3) is 4.32. The largest absolute Gasteiger partial charge is 0.504 e. The number of hydrogen-bond acceptors (Lipinski definition) is 5. The van der Waals surface area contributed by atoms with E-state index in [4.69, 9.17) is 23.2 Å². The summed E-state index contributed by atoms with van der Waals surface area (Å²) in [7, 11) is -3.94. The zero-order chi connectivity index (χ0) is 22.3. The first-order chi connectivity index (χ1) is 14.7. The Bertz CT molecular complexity index is 1130. The molecule has 2 aliphatic heterocycles. The van der Waals surface area contributed by atoms with E-state index in [0.717, 1.165) is 18.9 Å². The number of fused-ring (bicyclic) bond motifs is 2. The molecule has 2 aliphatic rings. The third-order valence-corrected chi connectivity index (χ3v) is 8.74. The smallest absolute Gasteiger partial charge is 0.323 e. The molecule has 7 nitrogen and oxygen atoms in total. The van der Waals surface area contributed by atoms with Crippen molar-refractivity contribution in [2.75, 3.05) is 10.6 Å². The molecular weight excluding hydrogens is 468 g/mol. The number of carbonyl (C=O) groups excluding carboxylic acids is 1. The van der Waals surface area contributed by atoms with Crippen molar-refractivity contribution in [1.29, 1.82) is 0 Å². The average Bonchev–Trinajstić information content (AvgIpc) is 3.05. The van der Waals surface area contributed by atoms with Crippen molar-refractivity contribution in [2.45, 2.75) is 47.9 Å². The van der Waals surface area contributed by atoms with Crippen LogP contribution >= 0.6 is 23.2 Å². The second-order valence-corrected chi connectivity index (χ2v) is 10.7. The van der Waals surface area contributed by atoms with E-state index in [1.165, 1.54) is 24.3 Å². The molecule has 2 heterocycles. The normalized spacial score (nSPS) is 22.9. The van der Waals surface area contributed by atoms with Gasteiger partial charge >= 0.3 is 6.03 Å². The molecule has 2 aromatic rings. The van der Waals surface area contributed by atoms with Gasteiger partial charge in [-0.15, -0.1) is 0 Å². The van der Waals surface area contributed by atoms with Crippen LogP contribution in [0.15, 0.2) is 35.2 Å². The monoisotopic (exact) mass is 487 g/mol. The quantitative estimate of drug-likeness (QED) is 0.473. The van der Waals surface area contributed by atoms with Gasteiger partial charge in [-0.05, 0) is 49.9 Å². The molecule has 11 heteroatoms. The minimum Gasteiger partial charge on any atom is -0.504 e. The van der Waals surface area contributed by atoms with Crippen LogP contribution in [0.3, 0.4) is 0 Å². The fourth-order valence-corrected chi connectivity index (χ4v) is 6.89. The lowest BCUT2D eigenvalue weighted by Crippen LogP contribution is -2.43. The Kier molecular flexibility index (Phi) is 6.04. The van der Waals surface area contributed by atoms with E-state index in [9.17, 15) is 22.7 Å². The first-order valence-corrected chi connectivity index (χ1v) is 12.0. The summed E-state index contributed by atoms with van der Waals surface area (Å²) in [5.74, 6) is -1.35. The van der Waals surface area contributed by atoms with E-state index < -0.39 is 37.6 Å². The van der Waals surface area contributed by atoms with Gasteiger partial charge in [-0.1, -0.05) is 29.3 Å². The van der Waals surface area contributed by atoms with Gasteiger partial charge in [-0.3, -0.25) is 0 Å². The van der Waals surface area contributed by atoms with E-state index in [1.807, 2.05) is 0 Å². The Morgan fingerprint density at radius 2 is 1.71 bits per heavy atom. The number of halogens is 3. The predicted octanol–water partition coefficient (Wildman–Crippen LogP) is 4.54. The highest BCUT2D eigenvalue weighted by Gasteiger charge is 2.42. The topological polar surface area (TPSA) is 108 Å². The van der Waals surface area contributed by atoms with Crippen molar-refractivity contribution in [2.24, 2.45) is 0 Å². The summed E-state index contributed by atoms with van der Waals surface area (Å²) < 4.78 is 40.2. The number of phenolic OH excluding ortho intramolecular Hbond substituents is 1. The number of benzene rings is 2. The first-order valence-electron chi connectivity index (χ1n) is 9.70. The molecule has 3 atom stereocenters. The summed E-state index contributed by atoms with van der Waals surface area (Å²) in [5, 5.41) is 17.7. The van der Waals surface area contributed by atoms with Crippen molar-refractivity contribution >= 4 is 50.4 Å². The van der Waals surface area contributed by atoms with Crippen molar-refractivity contribution < 1.29 is 22.7 Å². The number of carbonyl (C=O) groups is 1. The number of hydrogen-bond donors (Lipinski definition) is 4. The van der Waals surface area contributed by atoms with Crippen LogP contribution < -0.4 is 16.0 Å². The summed E-state index contributed by atoms with van der Waals surface area (Å²) in [6.07, 6.45) is 2.71.